The number of benzene rings is 2. The van der Waals surface area contributed by atoms with E-state index in [0.29, 0.717) is 12.1 Å². The highest BCUT2D eigenvalue weighted by atomic mass is 19.1. The van der Waals surface area contributed by atoms with Crippen LogP contribution in [0, 0.1) is 11.7 Å². The largest absolute Gasteiger partial charge is 0.352 e. The fourth-order valence-corrected chi connectivity index (χ4v) is 3.16. The zero-order valence-corrected chi connectivity index (χ0v) is 14.1. The second-order valence-corrected chi connectivity index (χ2v) is 6.34. The fraction of sp³-hybridized carbons (Fsp3) is 0.300. The summed E-state index contributed by atoms with van der Waals surface area (Å²) in [5.41, 5.74) is 1.48. The number of rotatable bonds is 5. The van der Waals surface area contributed by atoms with Crippen LogP contribution in [0.2, 0.25) is 0 Å². The lowest BCUT2D eigenvalue weighted by Crippen LogP contribution is -2.33. The van der Waals surface area contributed by atoms with Crippen LogP contribution in [-0.4, -0.2) is 23.3 Å². The Kier molecular flexibility index (Phi) is 5.12. The molecule has 0 bridgehead atoms. The molecule has 130 valence electrons. The first kappa shape index (κ1) is 17.1. The maximum absolute atomic E-state index is 13.6. The lowest BCUT2D eigenvalue weighted by atomic mass is 10.1. The molecule has 0 aliphatic carbocycles. The molecule has 1 aliphatic rings. The highest BCUT2D eigenvalue weighted by Crippen LogP contribution is 2.28. The maximum Gasteiger partial charge on any atom is 0.225 e. The first-order valence-electron chi connectivity index (χ1n) is 8.42. The molecule has 4 nitrogen and oxygen atoms in total. The maximum atomic E-state index is 13.6. The lowest BCUT2D eigenvalue weighted by Gasteiger charge is -2.25. The van der Waals surface area contributed by atoms with Crippen LogP contribution in [0.15, 0.2) is 54.6 Å². The molecule has 2 aromatic carbocycles. The number of nitrogens with zero attached hydrogens (tertiary/aromatic N) is 1. The van der Waals surface area contributed by atoms with Crippen molar-refractivity contribution in [3.63, 3.8) is 0 Å². The van der Waals surface area contributed by atoms with Crippen molar-refractivity contribution in [3.05, 3.63) is 71.5 Å². The second-order valence-electron chi connectivity index (χ2n) is 6.34. The van der Waals surface area contributed by atoms with Gasteiger partial charge in [0.25, 0.3) is 0 Å². The molecule has 3 rings (SSSR count). The molecule has 0 radical (unpaired) electrons. The summed E-state index contributed by atoms with van der Waals surface area (Å²) in [6, 6.07) is 16.0. The van der Waals surface area contributed by atoms with E-state index in [0.717, 1.165) is 5.56 Å². The van der Waals surface area contributed by atoms with Crippen molar-refractivity contribution in [1.82, 2.24) is 10.2 Å². The highest BCUT2D eigenvalue weighted by molar-refractivity contribution is 5.89. The van der Waals surface area contributed by atoms with Gasteiger partial charge in [-0.1, -0.05) is 48.5 Å². The van der Waals surface area contributed by atoms with Gasteiger partial charge in [-0.25, -0.2) is 4.39 Å². The average molecular weight is 340 g/mol. The number of halogens is 1. The van der Waals surface area contributed by atoms with Crippen LogP contribution in [0.25, 0.3) is 0 Å². The van der Waals surface area contributed by atoms with Gasteiger partial charge in [0.2, 0.25) is 11.8 Å². The minimum absolute atomic E-state index is 0.0256. The van der Waals surface area contributed by atoms with Gasteiger partial charge in [0.1, 0.15) is 5.82 Å². The molecule has 2 atom stereocenters. The molecule has 1 aliphatic heterocycles. The zero-order chi connectivity index (χ0) is 17.8. The van der Waals surface area contributed by atoms with Crippen molar-refractivity contribution < 1.29 is 14.0 Å². The van der Waals surface area contributed by atoms with Crippen LogP contribution in [-0.2, 0) is 16.1 Å². The van der Waals surface area contributed by atoms with Crippen molar-refractivity contribution in [2.75, 3.05) is 6.54 Å². The molecule has 5 heteroatoms. The Morgan fingerprint density at radius 2 is 1.88 bits per heavy atom. The smallest absolute Gasteiger partial charge is 0.225 e. The fourth-order valence-electron chi connectivity index (χ4n) is 3.16. The molecule has 25 heavy (non-hydrogen) atoms. The van der Waals surface area contributed by atoms with E-state index >= 15 is 0 Å². The Labute approximate surface area is 146 Å². The Hall–Kier alpha value is -2.69. The van der Waals surface area contributed by atoms with Crippen LogP contribution in [0.1, 0.15) is 30.5 Å². The van der Waals surface area contributed by atoms with Crippen molar-refractivity contribution >= 4 is 11.8 Å². The van der Waals surface area contributed by atoms with Crippen molar-refractivity contribution in [2.45, 2.75) is 25.9 Å². The van der Waals surface area contributed by atoms with Gasteiger partial charge in [-0.05, 0) is 18.6 Å². The van der Waals surface area contributed by atoms with Crippen molar-refractivity contribution in [2.24, 2.45) is 5.92 Å². The van der Waals surface area contributed by atoms with E-state index in [1.54, 1.807) is 23.1 Å². The number of amides is 2. The summed E-state index contributed by atoms with van der Waals surface area (Å²) in [7, 11) is 0. The number of carbonyl (C=O) groups is 2. The molecule has 0 aromatic heterocycles. The number of hydrogen-bond donors (Lipinski definition) is 1. The topological polar surface area (TPSA) is 49.4 Å². The third kappa shape index (κ3) is 3.87. The SMILES string of the molecule is C[C@H](c1ccccc1)N1C[C@H](C(=O)NCc2ccccc2F)CC1=O. The Bertz CT molecular complexity index is 763. The van der Waals surface area contributed by atoms with E-state index < -0.39 is 5.92 Å². The zero-order valence-electron chi connectivity index (χ0n) is 14.1. The molecule has 1 fully saturated rings. The van der Waals surface area contributed by atoms with Crippen LogP contribution in [0.4, 0.5) is 4.39 Å². The number of nitrogens with one attached hydrogen (secondary N) is 1. The van der Waals surface area contributed by atoms with E-state index in [4.69, 9.17) is 0 Å². The van der Waals surface area contributed by atoms with E-state index in [1.807, 2.05) is 37.3 Å². The van der Waals surface area contributed by atoms with Gasteiger partial charge in [0.05, 0.1) is 12.0 Å². The van der Waals surface area contributed by atoms with Gasteiger partial charge in [-0.2, -0.15) is 0 Å². The molecule has 1 N–H and O–H groups in total. The lowest BCUT2D eigenvalue weighted by molar-refractivity contribution is -0.130. The van der Waals surface area contributed by atoms with E-state index in [1.165, 1.54) is 6.07 Å². The minimum atomic E-state index is -0.398. The molecular weight excluding hydrogens is 319 g/mol. The second kappa shape index (κ2) is 7.47. The summed E-state index contributed by atoms with van der Waals surface area (Å²) < 4.78 is 13.6. The molecule has 2 aromatic rings. The predicted molar refractivity (Wildman–Crippen MR) is 92.9 cm³/mol. The van der Waals surface area contributed by atoms with Crippen LogP contribution in [0.5, 0.6) is 0 Å². The van der Waals surface area contributed by atoms with E-state index in [2.05, 4.69) is 5.32 Å². The van der Waals surface area contributed by atoms with Gasteiger partial charge in [0, 0.05) is 25.1 Å². The molecule has 1 saturated heterocycles. The number of carbonyl (C=O) groups excluding carboxylic acids is 2. The van der Waals surface area contributed by atoms with Gasteiger partial charge in [-0.15, -0.1) is 0 Å². The van der Waals surface area contributed by atoms with Crippen LogP contribution < -0.4 is 5.32 Å². The van der Waals surface area contributed by atoms with Crippen LogP contribution in [0.3, 0.4) is 0 Å². The van der Waals surface area contributed by atoms with Gasteiger partial charge < -0.3 is 10.2 Å². The molecule has 1 heterocycles. The monoisotopic (exact) mass is 340 g/mol. The summed E-state index contributed by atoms with van der Waals surface area (Å²) in [4.78, 5) is 26.4. The Balaban J connectivity index is 1.60. The van der Waals surface area contributed by atoms with E-state index in [-0.39, 0.29) is 36.6 Å². The van der Waals surface area contributed by atoms with E-state index in [9.17, 15) is 14.0 Å². The third-order valence-electron chi connectivity index (χ3n) is 4.69. The minimum Gasteiger partial charge on any atom is -0.352 e. The molecular formula is C20H21FN2O2. The number of likely N-dealkylation sites (tertiary alicyclic amines) is 1. The normalized spacial score (nSPS) is 18.2. The Morgan fingerprint density at radius 1 is 1.20 bits per heavy atom. The summed E-state index contributed by atoms with van der Waals surface area (Å²) >= 11 is 0. The molecule has 0 unspecified atom stereocenters. The first-order chi connectivity index (χ1) is 12.1. The quantitative estimate of drug-likeness (QED) is 0.909. The van der Waals surface area contributed by atoms with Crippen molar-refractivity contribution in [3.8, 4) is 0 Å². The Morgan fingerprint density at radius 3 is 2.60 bits per heavy atom. The third-order valence-corrected chi connectivity index (χ3v) is 4.69. The van der Waals surface area contributed by atoms with Gasteiger partial charge in [0.15, 0.2) is 0 Å². The molecule has 0 saturated carbocycles. The molecule has 2 amide bonds. The van der Waals surface area contributed by atoms with Gasteiger partial charge >= 0.3 is 0 Å². The standard InChI is InChI=1S/C20H21FN2O2/c1-14(15-7-3-2-4-8-15)23-13-17(11-19(23)24)20(25)22-12-16-9-5-6-10-18(16)21/h2-10,14,17H,11-13H2,1H3,(H,22,25)/t14-,17-/m1/s1. The first-order valence-corrected chi connectivity index (χ1v) is 8.42. The summed E-state index contributed by atoms with van der Waals surface area (Å²) in [5.74, 6) is -0.975. The summed E-state index contributed by atoms with van der Waals surface area (Å²) in [6.07, 6.45) is 0.195. The average Bonchev–Trinajstić information content (AvgIpc) is 3.03. The number of hydrogen-bond acceptors (Lipinski definition) is 2. The predicted octanol–water partition coefficient (Wildman–Crippen LogP) is 3.05. The van der Waals surface area contributed by atoms with Gasteiger partial charge in [-0.3, -0.25) is 9.59 Å². The van der Waals surface area contributed by atoms with Crippen LogP contribution >= 0.6 is 0 Å². The highest BCUT2D eigenvalue weighted by Gasteiger charge is 2.36. The molecule has 0 spiro atoms. The summed E-state index contributed by atoms with van der Waals surface area (Å²) in [5, 5.41) is 2.74. The summed E-state index contributed by atoms with van der Waals surface area (Å²) in [6.45, 7) is 2.48. The van der Waals surface area contributed by atoms with Crippen molar-refractivity contribution in [1.29, 1.82) is 0 Å².